The Hall–Kier alpha value is -1.68. The Labute approximate surface area is 112 Å². The molecule has 0 saturated heterocycles. The summed E-state index contributed by atoms with van der Waals surface area (Å²) in [4.78, 5) is 9.83. The summed E-state index contributed by atoms with van der Waals surface area (Å²) in [7, 11) is -3.46. The summed E-state index contributed by atoms with van der Waals surface area (Å²) in [5.41, 5.74) is -1.78. The molecule has 0 radical (unpaired) electrons. The minimum atomic E-state index is -4.67. The van der Waals surface area contributed by atoms with Crippen LogP contribution in [-0.4, -0.2) is 26.1 Å². The first-order valence-corrected chi connectivity index (χ1v) is 7.19. The number of nitrogens with zero attached hydrogens (tertiary/aromatic N) is 1. The normalized spacial score (nSPS) is 12.4. The van der Waals surface area contributed by atoms with Crippen molar-refractivity contribution >= 4 is 15.7 Å². The molecule has 10 heteroatoms. The number of halogens is 3. The van der Waals surface area contributed by atoms with Crippen LogP contribution in [0.3, 0.4) is 0 Å². The summed E-state index contributed by atoms with van der Waals surface area (Å²) in [5.74, 6) is 0. The predicted octanol–water partition coefficient (Wildman–Crippen LogP) is 1.71. The molecule has 0 atom stereocenters. The van der Waals surface area contributed by atoms with Gasteiger partial charge in [0.25, 0.3) is 5.69 Å². The Morgan fingerprint density at radius 1 is 1.35 bits per heavy atom. The lowest BCUT2D eigenvalue weighted by Crippen LogP contribution is -2.24. The first-order valence-electron chi connectivity index (χ1n) is 5.30. The van der Waals surface area contributed by atoms with Crippen LogP contribution in [0.4, 0.5) is 18.9 Å². The van der Waals surface area contributed by atoms with Crippen LogP contribution in [0.25, 0.3) is 0 Å². The van der Waals surface area contributed by atoms with Crippen LogP contribution in [0.5, 0.6) is 0 Å². The van der Waals surface area contributed by atoms with Gasteiger partial charge in [-0.2, -0.15) is 13.2 Å². The molecule has 6 nitrogen and oxygen atoms in total. The fourth-order valence-electron chi connectivity index (χ4n) is 1.49. The highest BCUT2D eigenvalue weighted by atomic mass is 32.2. The van der Waals surface area contributed by atoms with Crippen LogP contribution < -0.4 is 4.72 Å². The maximum absolute atomic E-state index is 12.5. The van der Waals surface area contributed by atoms with Gasteiger partial charge in [0.05, 0.1) is 16.7 Å². The SMILES string of the molecule is CS(=O)(=O)NCCc1ccc(C(F)(F)F)cc1[N+](=O)[O-]. The molecule has 0 amide bonds. The fourth-order valence-corrected chi connectivity index (χ4v) is 1.97. The lowest BCUT2D eigenvalue weighted by atomic mass is 10.1. The molecule has 0 spiro atoms. The maximum Gasteiger partial charge on any atom is 0.416 e. The van der Waals surface area contributed by atoms with Crippen molar-refractivity contribution in [2.45, 2.75) is 12.6 Å². The van der Waals surface area contributed by atoms with Crippen LogP contribution in [0, 0.1) is 10.1 Å². The van der Waals surface area contributed by atoms with E-state index in [4.69, 9.17) is 0 Å². The van der Waals surface area contributed by atoms with Gasteiger partial charge in [0.2, 0.25) is 10.0 Å². The largest absolute Gasteiger partial charge is 0.416 e. The van der Waals surface area contributed by atoms with Gasteiger partial charge in [-0.1, -0.05) is 6.07 Å². The van der Waals surface area contributed by atoms with Gasteiger partial charge >= 0.3 is 6.18 Å². The van der Waals surface area contributed by atoms with Crippen molar-refractivity contribution < 1.29 is 26.5 Å². The van der Waals surface area contributed by atoms with E-state index >= 15 is 0 Å². The molecule has 1 rings (SSSR count). The van der Waals surface area contributed by atoms with Gasteiger partial charge in [-0.25, -0.2) is 13.1 Å². The van der Waals surface area contributed by atoms with E-state index in [2.05, 4.69) is 4.72 Å². The van der Waals surface area contributed by atoms with E-state index in [0.717, 1.165) is 18.4 Å². The standard InChI is InChI=1S/C10H11F3N2O4S/c1-20(18,19)14-5-4-7-2-3-8(10(11,12)13)6-9(7)15(16)17/h2-3,6,14H,4-5H2,1H3. The number of alkyl halides is 3. The Kier molecular flexibility index (Phi) is 4.71. The summed E-state index contributed by atoms with van der Waals surface area (Å²) in [6.07, 6.45) is -3.84. The molecule has 0 saturated carbocycles. The Morgan fingerprint density at radius 3 is 2.40 bits per heavy atom. The quantitative estimate of drug-likeness (QED) is 0.662. The minimum absolute atomic E-state index is 0.0270. The van der Waals surface area contributed by atoms with Gasteiger partial charge in [0, 0.05) is 18.2 Å². The third-order valence-corrected chi connectivity index (χ3v) is 3.10. The van der Waals surface area contributed by atoms with Crippen molar-refractivity contribution in [1.82, 2.24) is 4.72 Å². The molecule has 0 unspecified atom stereocenters. The third-order valence-electron chi connectivity index (χ3n) is 2.37. The highest BCUT2D eigenvalue weighted by Gasteiger charge is 2.32. The van der Waals surface area contributed by atoms with E-state index in [-0.39, 0.29) is 18.5 Å². The zero-order valence-electron chi connectivity index (χ0n) is 10.3. The summed E-state index contributed by atoms with van der Waals surface area (Å²) < 4.78 is 61.1. The van der Waals surface area contributed by atoms with E-state index in [0.29, 0.717) is 6.07 Å². The number of benzene rings is 1. The molecule has 0 aliphatic carbocycles. The summed E-state index contributed by atoms with van der Waals surface area (Å²) in [6.45, 7) is -0.134. The van der Waals surface area contributed by atoms with E-state index < -0.39 is 32.4 Å². The number of hydrogen-bond acceptors (Lipinski definition) is 4. The molecular weight excluding hydrogens is 301 g/mol. The number of nitro benzene ring substituents is 1. The van der Waals surface area contributed by atoms with Crippen molar-refractivity contribution in [3.63, 3.8) is 0 Å². The van der Waals surface area contributed by atoms with Crippen molar-refractivity contribution in [3.8, 4) is 0 Å². The van der Waals surface area contributed by atoms with Gasteiger partial charge in [0.1, 0.15) is 0 Å². The van der Waals surface area contributed by atoms with E-state index in [1.807, 2.05) is 0 Å². The van der Waals surface area contributed by atoms with E-state index in [1.54, 1.807) is 0 Å². The van der Waals surface area contributed by atoms with E-state index in [9.17, 15) is 31.7 Å². The van der Waals surface area contributed by atoms with Crippen molar-refractivity contribution in [2.75, 3.05) is 12.8 Å². The molecule has 0 heterocycles. The number of nitrogens with one attached hydrogen (secondary N) is 1. The molecule has 1 aromatic carbocycles. The van der Waals surface area contributed by atoms with Gasteiger partial charge in [0.15, 0.2) is 0 Å². The summed E-state index contributed by atoms with van der Waals surface area (Å²) >= 11 is 0. The Bertz CT molecular complexity index is 613. The highest BCUT2D eigenvalue weighted by Crippen LogP contribution is 2.33. The number of nitro groups is 1. The van der Waals surface area contributed by atoms with Gasteiger partial charge in [-0.05, 0) is 12.5 Å². The molecule has 20 heavy (non-hydrogen) atoms. The first kappa shape index (κ1) is 16.4. The monoisotopic (exact) mass is 312 g/mol. The summed E-state index contributed by atoms with van der Waals surface area (Å²) in [6, 6.07) is 2.14. The van der Waals surface area contributed by atoms with Crippen LogP contribution >= 0.6 is 0 Å². The van der Waals surface area contributed by atoms with Crippen molar-refractivity contribution in [2.24, 2.45) is 0 Å². The maximum atomic E-state index is 12.5. The lowest BCUT2D eigenvalue weighted by molar-refractivity contribution is -0.385. The molecule has 1 N–H and O–H groups in total. The smallest absolute Gasteiger partial charge is 0.258 e. The second-order valence-electron chi connectivity index (χ2n) is 4.01. The topological polar surface area (TPSA) is 89.3 Å². The number of sulfonamides is 1. The average molecular weight is 312 g/mol. The zero-order chi connectivity index (χ0) is 15.6. The molecule has 1 aromatic rings. The van der Waals surface area contributed by atoms with Crippen LogP contribution in [0.2, 0.25) is 0 Å². The van der Waals surface area contributed by atoms with E-state index in [1.165, 1.54) is 0 Å². The van der Waals surface area contributed by atoms with Gasteiger partial charge in [-0.3, -0.25) is 10.1 Å². The first-order chi connectivity index (χ1) is 9.00. The Balaban J connectivity index is 3.00. The second-order valence-corrected chi connectivity index (χ2v) is 5.85. The van der Waals surface area contributed by atoms with Crippen LogP contribution in [0.1, 0.15) is 11.1 Å². The number of rotatable bonds is 5. The minimum Gasteiger partial charge on any atom is -0.258 e. The van der Waals surface area contributed by atoms with Crippen LogP contribution in [-0.2, 0) is 22.6 Å². The summed E-state index contributed by atoms with van der Waals surface area (Å²) in [5, 5.41) is 10.8. The fraction of sp³-hybridized carbons (Fsp3) is 0.400. The molecule has 0 aliphatic heterocycles. The molecule has 0 fully saturated rings. The van der Waals surface area contributed by atoms with Gasteiger partial charge in [-0.15, -0.1) is 0 Å². The molecular formula is C10H11F3N2O4S. The molecule has 112 valence electrons. The zero-order valence-corrected chi connectivity index (χ0v) is 11.1. The van der Waals surface area contributed by atoms with Crippen molar-refractivity contribution in [3.05, 3.63) is 39.4 Å². The molecule has 0 aliphatic rings. The van der Waals surface area contributed by atoms with Crippen LogP contribution in [0.15, 0.2) is 18.2 Å². The molecule has 0 bridgehead atoms. The lowest BCUT2D eigenvalue weighted by Gasteiger charge is -2.09. The number of hydrogen-bond donors (Lipinski definition) is 1. The van der Waals surface area contributed by atoms with Crippen molar-refractivity contribution in [1.29, 1.82) is 0 Å². The molecule has 0 aromatic heterocycles. The highest BCUT2D eigenvalue weighted by molar-refractivity contribution is 7.88. The predicted molar refractivity (Wildman–Crippen MR) is 64.6 cm³/mol. The van der Waals surface area contributed by atoms with Gasteiger partial charge < -0.3 is 0 Å². The second kappa shape index (κ2) is 5.75. The third kappa shape index (κ3) is 4.78. The average Bonchev–Trinajstić information content (AvgIpc) is 2.25. The Morgan fingerprint density at radius 2 is 1.95 bits per heavy atom.